The van der Waals surface area contributed by atoms with Crippen LogP contribution in [0.4, 0.5) is 15.8 Å². The lowest BCUT2D eigenvalue weighted by Crippen LogP contribution is -2.45. The number of benzene rings is 1. The topological polar surface area (TPSA) is 58.8 Å². The summed E-state index contributed by atoms with van der Waals surface area (Å²) in [5, 5.41) is 11.2. The standard InChI is InChI=1S/C14H20FN3O3/c1-16(2)10-5-4-6-17(9-10)12-8-14(21-3)11(15)7-13(12)18(19)20/h7-8,10H,4-6,9H2,1-3H3. The average Bonchev–Trinajstić information content (AvgIpc) is 2.46. The Morgan fingerprint density at radius 3 is 2.76 bits per heavy atom. The van der Waals surface area contributed by atoms with Crippen LogP contribution >= 0.6 is 0 Å². The fourth-order valence-corrected chi connectivity index (χ4v) is 2.68. The number of nitro groups is 1. The summed E-state index contributed by atoms with van der Waals surface area (Å²) in [5.74, 6) is -0.684. The minimum absolute atomic E-state index is 0.0302. The normalized spacial score (nSPS) is 18.9. The smallest absolute Gasteiger partial charge is 0.295 e. The number of likely N-dealkylation sites (N-methyl/N-ethyl adjacent to an activating group) is 1. The van der Waals surface area contributed by atoms with Gasteiger partial charge in [0.15, 0.2) is 11.6 Å². The van der Waals surface area contributed by atoms with Gasteiger partial charge in [-0.1, -0.05) is 0 Å². The molecule has 1 aromatic carbocycles. The number of hydrogen-bond acceptors (Lipinski definition) is 5. The zero-order valence-electron chi connectivity index (χ0n) is 12.5. The summed E-state index contributed by atoms with van der Waals surface area (Å²) in [6, 6.07) is 2.69. The first-order valence-electron chi connectivity index (χ1n) is 6.87. The van der Waals surface area contributed by atoms with Crippen LogP contribution in [0.1, 0.15) is 12.8 Å². The van der Waals surface area contributed by atoms with E-state index in [1.807, 2.05) is 19.0 Å². The number of methoxy groups -OCH3 is 1. The lowest BCUT2D eigenvalue weighted by molar-refractivity contribution is -0.384. The van der Waals surface area contributed by atoms with Crippen molar-refractivity contribution in [3.05, 3.63) is 28.1 Å². The van der Waals surface area contributed by atoms with E-state index in [1.165, 1.54) is 13.2 Å². The highest BCUT2D eigenvalue weighted by molar-refractivity contribution is 5.66. The summed E-state index contributed by atoms with van der Waals surface area (Å²) in [4.78, 5) is 14.7. The van der Waals surface area contributed by atoms with Gasteiger partial charge in [0.25, 0.3) is 5.69 Å². The van der Waals surface area contributed by atoms with Gasteiger partial charge < -0.3 is 14.5 Å². The molecular formula is C14H20FN3O3. The van der Waals surface area contributed by atoms with E-state index in [0.717, 1.165) is 25.5 Å². The van der Waals surface area contributed by atoms with Gasteiger partial charge in [-0.25, -0.2) is 4.39 Å². The maximum Gasteiger partial charge on any atom is 0.295 e. The fourth-order valence-electron chi connectivity index (χ4n) is 2.68. The Hall–Kier alpha value is -1.89. The molecule has 21 heavy (non-hydrogen) atoms. The summed E-state index contributed by atoms with van der Waals surface area (Å²) in [6.07, 6.45) is 2.00. The van der Waals surface area contributed by atoms with Crippen molar-refractivity contribution in [2.24, 2.45) is 0 Å². The van der Waals surface area contributed by atoms with E-state index in [-0.39, 0.29) is 11.4 Å². The molecule has 116 valence electrons. The molecule has 0 saturated carbocycles. The van der Waals surface area contributed by atoms with Crippen LogP contribution in [0.3, 0.4) is 0 Å². The Kier molecular flexibility index (Phi) is 4.62. The molecule has 7 heteroatoms. The van der Waals surface area contributed by atoms with Crippen molar-refractivity contribution in [1.29, 1.82) is 0 Å². The van der Waals surface area contributed by atoms with E-state index >= 15 is 0 Å². The summed E-state index contributed by atoms with van der Waals surface area (Å²) >= 11 is 0. The molecule has 1 unspecified atom stereocenters. The molecule has 1 atom stereocenters. The molecule has 1 heterocycles. The van der Waals surface area contributed by atoms with Gasteiger partial charge in [0, 0.05) is 25.2 Å². The highest BCUT2D eigenvalue weighted by Gasteiger charge is 2.28. The first kappa shape index (κ1) is 15.5. The SMILES string of the molecule is COc1cc(N2CCCC(N(C)C)C2)c([N+](=O)[O-])cc1F. The van der Waals surface area contributed by atoms with Crippen LogP contribution in [0.5, 0.6) is 5.75 Å². The van der Waals surface area contributed by atoms with Crippen LogP contribution in [0.15, 0.2) is 12.1 Å². The highest BCUT2D eigenvalue weighted by atomic mass is 19.1. The number of hydrogen-bond donors (Lipinski definition) is 0. The lowest BCUT2D eigenvalue weighted by Gasteiger charge is -2.37. The van der Waals surface area contributed by atoms with Crippen LogP contribution in [-0.4, -0.2) is 50.2 Å². The molecule has 1 aliphatic rings. The third kappa shape index (κ3) is 3.24. The van der Waals surface area contributed by atoms with E-state index < -0.39 is 10.7 Å². The van der Waals surface area contributed by atoms with Gasteiger partial charge in [0.2, 0.25) is 0 Å². The Labute approximate surface area is 123 Å². The van der Waals surface area contributed by atoms with Gasteiger partial charge in [-0.2, -0.15) is 0 Å². The summed E-state index contributed by atoms with van der Waals surface area (Å²) in [6.45, 7) is 1.41. The molecule has 0 aromatic heterocycles. The van der Waals surface area contributed by atoms with Crippen LogP contribution in [0, 0.1) is 15.9 Å². The van der Waals surface area contributed by atoms with Crippen molar-refractivity contribution in [1.82, 2.24) is 4.90 Å². The van der Waals surface area contributed by atoms with E-state index in [0.29, 0.717) is 18.3 Å². The lowest BCUT2D eigenvalue weighted by atomic mass is 10.0. The second-order valence-corrected chi connectivity index (χ2v) is 5.44. The van der Waals surface area contributed by atoms with Gasteiger partial charge in [0.05, 0.1) is 18.1 Å². The average molecular weight is 297 g/mol. The molecule has 1 aromatic rings. The molecule has 1 fully saturated rings. The van der Waals surface area contributed by atoms with Crippen molar-refractivity contribution in [3.63, 3.8) is 0 Å². The van der Waals surface area contributed by atoms with Crippen molar-refractivity contribution in [3.8, 4) is 5.75 Å². The van der Waals surface area contributed by atoms with Crippen molar-refractivity contribution >= 4 is 11.4 Å². The highest BCUT2D eigenvalue weighted by Crippen LogP contribution is 2.36. The van der Waals surface area contributed by atoms with Crippen molar-refractivity contribution < 1.29 is 14.1 Å². The van der Waals surface area contributed by atoms with Gasteiger partial charge in [-0.3, -0.25) is 10.1 Å². The minimum atomic E-state index is -0.714. The molecular weight excluding hydrogens is 277 g/mol. The number of rotatable bonds is 4. The predicted octanol–water partition coefficient (Wildman–Crippen LogP) is 2.27. The van der Waals surface area contributed by atoms with Gasteiger partial charge in [0.1, 0.15) is 5.69 Å². The molecule has 2 rings (SSSR count). The maximum absolute atomic E-state index is 13.7. The molecule has 1 aliphatic heterocycles. The van der Waals surface area contributed by atoms with Crippen LogP contribution < -0.4 is 9.64 Å². The number of nitro benzene ring substituents is 1. The van der Waals surface area contributed by atoms with Crippen LogP contribution in [0.2, 0.25) is 0 Å². The number of ether oxygens (including phenoxy) is 1. The minimum Gasteiger partial charge on any atom is -0.494 e. The monoisotopic (exact) mass is 297 g/mol. The molecule has 0 N–H and O–H groups in total. The molecule has 0 aliphatic carbocycles. The Morgan fingerprint density at radius 1 is 1.48 bits per heavy atom. The largest absolute Gasteiger partial charge is 0.494 e. The molecule has 0 spiro atoms. The Balaban J connectivity index is 2.39. The zero-order valence-corrected chi connectivity index (χ0v) is 12.5. The second kappa shape index (κ2) is 6.26. The predicted molar refractivity (Wildman–Crippen MR) is 78.5 cm³/mol. The van der Waals surface area contributed by atoms with Gasteiger partial charge >= 0.3 is 0 Å². The molecule has 0 amide bonds. The van der Waals surface area contributed by atoms with E-state index in [2.05, 4.69) is 4.90 Å². The van der Waals surface area contributed by atoms with Crippen LogP contribution in [0.25, 0.3) is 0 Å². The number of piperidine rings is 1. The molecule has 1 saturated heterocycles. The Morgan fingerprint density at radius 2 is 2.19 bits per heavy atom. The first-order valence-corrected chi connectivity index (χ1v) is 6.87. The molecule has 0 bridgehead atoms. The zero-order chi connectivity index (χ0) is 15.6. The molecule has 6 nitrogen and oxygen atoms in total. The number of anilines is 1. The fraction of sp³-hybridized carbons (Fsp3) is 0.571. The number of halogens is 1. The summed E-state index contributed by atoms with van der Waals surface area (Å²) in [5.41, 5.74) is 0.206. The second-order valence-electron chi connectivity index (χ2n) is 5.44. The molecule has 0 radical (unpaired) electrons. The third-order valence-electron chi connectivity index (χ3n) is 3.91. The maximum atomic E-state index is 13.7. The summed E-state index contributed by atoms with van der Waals surface area (Å²) in [7, 11) is 5.34. The Bertz CT molecular complexity index is 536. The third-order valence-corrected chi connectivity index (χ3v) is 3.91. The van der Waals surface area contributed by atoms with Crippen molar-refractivity contribution in [2.75, 3.05) is 39.2 Å². The van der Waals surface area contributed by atoms with Crippen molar-refractivity contribution in [2.45, 2.75) is 18.9 Å². The first-order chi connectivity index (χ1) is 9.93. The summed E-state index contributed by atoms with van der Waals surface area (Å²) < 4.78 is 18.7. The van der Waals surface area contributed by atoms with Gasteiger partial charge in [-0.15, -0.1) is 0 Å². The van der Waals surface area contributed by atoms with Gasteiger partial charge in [-0.05, 0) is 26.9 Å². The van der Waals surface area contributed by atoms with E-state index in [9.17, 15) is 14.5 Å². The number of nitrogens with zero attached hydrogens (tertiary/aromatic N) is 3. The van der Waals surface area contributed by atoms with Crippen LogP contribution in [-0.2, 0) is 0 Å². The van der Waals surface area contributed by atoms with E-state index in [1.54, 1.807) is 0 Å². The van der Waals surface area contributed by atoms with E-state index in [4.69, 9.17) is 4.74 Å². The quantitative estimate of drug-likeness (QED) is 0.630.